The van der Waals surface area contributed by atoms with E-state index in [1.165, 1.54) is 18.2 Å². The fourth-order valence-electron chi connectivity index (χ4n) is 2.23. The van der Waals surface area contributed by atoms with E-state index < -0.39 is 4.92 Å². The minimum absolute atomic E-state index is 0.000161. The lowest BCUT2D eigenvalue weighted by atomic mass is 10.1. The van der Waals surface area contributed by atoms with Crippen LogP contribution in [-0.2, 0) is 11.3 Å². The zero-order chi connectivity index (χ0) is 16.8. The van der Waals surface area contributed by atoms with Gasteiger partial charge in [-0.25, -0.2) is 0 Å². The van der Waals surface area contributed by atoms with Crippen molar-refractivity contribution in [1.82, 2.24) is 4.90 Å². The predicted octanol–water partition coefficient (Wildman–Crippen LogP) is 2.79. The third-order valence-electron chi connectivity index (χ3n) is 3.45. The molecule has 1 amide bonds. The second-order valence-corrected chi connectivity index (χ2v) is 5.11. The summed E-state index contributed by atoms with van der Waals surface area (Å²) in [5.74, 6) is -0.207. The number of carbonyl (C=O) groups excluding carboxylic acids is 1. The average Bonchev–Trinajstić information content (AvgIpc) is 3.03. The molecule has 0 aliphatic rings. The van der Waals surface area contributed by atoms with Crippen molar-refractivity contribution in [3.8, 4) is 0 Å². The van der Waals surface area contributed by atoms with Gasteiger partial charge in [0.1, 0.15) is 0 Å². The number of hydrogen-bond acceptors (Lipinski definition) is 5. The lowest BCUT2D eigenvalue weighted by Gasteiger charge is -2.22. The first-order valence-electron chi connectivity index (χ1n) is 7.07. The maximum Gasteiger partial charge on any atom is 0.272 e. The van der Waals surface area contributed by atoms with Crippen LogP contribution in [0.3, 0.4) is 0 Å². The van der Waals surface area contributed by atoms with Crippen molar-refractivity contribution in [3.63, 3.8) is 0 Å². The molecule has 7 nitrogen and oxygen atoms in total. The normalized spacial score (nSPS) is 10.5. The van der Waals surface area contributed by atoms with Crippen molar-refractivity contribution in [2.45, 2.75) is 13.5 Å². The van der Waals surface area contributed by atoms with Gasteiger partial charge in [-0.2, -0.15) is 0 Å². The van der Waals surface area contributed by atoms with Crippen LogP contribution < -0.4 is 0 Å². The lowest BCUT2D eigenvalue weighted by Crippen LogP contribution is -2.33. The van der Waals surface area contributed by atoms with E-state index in [4.69, 9.17) is 9.15 Å². The molecule has 2 aromatic rings. The van der Waals surface area contributed by atoms with Crippen LogP contribution in [0.4, 0.5) is 5.69 Å². The number of hydrogen-bond donors (Lipinski definition) is 0. The molecule has 1 heterocycles. The molecule has 0 saturated carbocycles. The number of methoxy groups -OCH3 is 1. The highest BCUT2D eigenvalue weighted by Gasteiger charge is 2.19. The molecule has 0 fully saturated rings. The van der Waals surface area contributed by atoms with E-state index in [0.29, 0.717) is 30.8 Å². The molecule has 0 atom stereocenters. The third-order valence-corrected chi connectivity index (χ3v) is 3.45. The van der Waals surface area contributed by atoms with Crippen molar-refractivity contribution >= 4 is 11.6 Å². The molecule has 0 N–H and O–H groups in total. The summed E-state index contributed by atoms with van der Waals surface area (Å²) in [4.78, 5) is 24.7. The molecular weight excluding hydrogens is 300 g/mol. The quantitative estimate of drug-likeness (QED) is 0.579. The van der Waals surface area contributed by atoms with Gasteiger partial charge in [-0.3, -0.25) is 14.9 Å². The van der Waals surface area contributed by atoms with E-state index in [-0.39, 0.29) is 11.6 Å². The monoisotopic (exact) mass is 318 g/mol. The topological polar surface area (TPSA) is 85.8 Å². The summed E-state index contributed by atoms with van der Waals surface area (Å²) in [7, 11) is 1.57. The molecular formula is C16H18N2O5. The molecule has 0 saturated heterocycles. The minimum atomic E-state index is -0.461. The standard InChI is InChI=1S/C16H18N2O5/c1-12-9-14(3-4-15(12)18(20)21)16(19)17(6-8-22-2)10-13-5-7-23-11-13/h3-5,7,9,11H,6,8,10H2,1-2H3. The van der Waals surface area contributed by atoms with Gasteiger partial charge in [-0.05, 0) is 25.1 Å². The van der Waals surface area contributed by atoms with Gasteiger partial charge < -0.3 is 14.1 Å². The third kappa shape index (κ3) is 4.17. The zero-order valence-corrected chi connectivity index (χ0v) is 13.0. The van der Waals surface area contributed by atoms with Crippen molar-refractivity contribution in [2.24, 2.45) is 0 Å². The maximum atomic E-state index is 12.7. The molecule has 0 aliphatic heterocycles. The van der Waals surface area contributed by atoms with Crippen LogP contribution in [0.25, 0.3) is 0 Å². The molecule has 23 heavy (non-hydrogen) atoms. The smallest absolute Gasteiger partial charge is 0.272 e. The summed E-state index contributed by atoms with van der Waals surface area (Å²) in [6, 6.07) is 6.15. The van der Waals surface area contributed by atoms with Crippen molar-refractivity contribution in [1.29, 1.82) is 0 Å². The van der Waals surface area contributed by atoms with E-state index in [1.807, 2.05) is 0 Å². The maximum absolute atomic E-state index is 12.7. The zero-order valence-electron chi connectivity index (χ0n) is 13.0. The molecule has 0 aliphatic carbocycles. The molecule has 0 unspecified atom stereocenters. The van der Waals surface area contributed by atoms with Crippen LogP contribution in [0.5, 0.6) is 0 Å². The lowest BCUT2D eigenvalue weighted by molar-refractivity contribution is -0.385. The van der Waals surface area contributed by atoms with Crippen molar-refractivity contribution < 1.29 is 18.9 Å². The Hall–Kier alpha value is -2.67. The second kappa shape index (κ2) is 7.55. The van der Waals surface area contributed by atoms with Gasteiger partial charge in [0.05, 0.1) is 24.1 Å². The molecule has 1 aromatic carbocycles. The van der Waals surface area contributed by atoms with E-state index >= 15 is 0 Å². The Morgan fingerprint density at radius 1 is 1.39 bits per heavy atom. The summed E-state index contributed by atoms with van der Waals surface area (Å²) in [5.41, 5.74) is 1.73. The fourth-order valence-corrected chi connectivity index (χ4v) is 2.23. The number of nitrogens with zero attached hydrogens (tertiary/aromatic N) is 2. The SMILES string of the molecule is COCCN(Cc1ccoc1)C(=O)c1ccc([N+](=O)[O-])c(C)c1. The van der Waals surface area contributed by atoms with Crippen molar-refractivity contribution in [2.75, 3.05) is 20.3 Å². The number of rotatable bonds is 7. The largest absolute Gasteiger partial charge is 0.472 e. The highest BCUT2D eigenvalue weighted by atomic mass is 16.6. The Labute approximate surface area is 133 Å². The average molecular weight is 318 g/mol. The fraction of sp³-hybridized carbons (Fsp3) is 0.312. The van der Waals surface area contributed by atoms with Crippen LogP contribution >= 0.6 is 0 Å². The van der Waals surface area contributed by atoms with Gasteiger partial charge in [-0.1, -0.05) is 0 Å². The first-order chi connectivity index (χ1) is 11.0. The van der Waals surface area contributed by atoms with Crippen LogP contribution in [0.1, 0.15) is 21.5 Å². The number of carbonyl (C=O) groups is 1. The number of nitro groups is 1. The highest BCUT2D eigenvalue weighted by Crippen LogP contribution is 2.20. The number of ether oxygens (including phenoxy) is 1. The van der Waals surface area contributed by atoms with E-state index in [9.17, 15) is 14.9 Å². The first kappa shape index (κ1) is 16.7. The van der Waals surface area contributed by atoms with E-state index in [0.717, 1.165) is 5.56 Å². The van der Waals surface area contributed by atoms with Gasteiger partial charge in [0.2, 0.25) is 0 Å². The molecule has 2 rings (SSSR count). The number of benzene rings is 1. The highest BCUT2D eigenvalue weighted by molar-refractivity contribution is 5.94. The van der Waals surface area contributed by atoms with Gasteiger partial charge in [0.25, 0.3) is 11.6 Å². The Kier molecular flexibility index (Phi) is 5.48. The van der Waals surface area contributed by atoms with Gasteiger partial charge in [0, 0.05) is 43.0 Å². The summed E-state index contributed by atoms with van der Waals surface area (Å²) in [5, 5.41) is 10.9. The number of furan rings is 1. The summed E-state index contributed by atoms with van der Waals surface area (Å²) in [6.45, 7) is 2.81. The van der Waals surface area contributed by atoms with Crippen LogP contribution in [0.15, 0.2) is 41.2 Å². The van der Waals surface area contributed by atoms with E-state index in [1.54, 1.807) is 37.5 Å². The Balaban J connectivity index is 2.22. The Bertz CT molecular complexity index is 682. The molecule has 122 valence electrons. The predicted molar refractivity (Wildman–Crippen MR) is 83.2 cm³/mol. The minimum Gasteiger partial charge on any atom is -0.472 e. The second-order valence-electron chi connectivity index (χ2n) is 5.11. The Morgan fingerprint density at radius 3 is 2.74 bits per heavy atom. The number of amides is 1. The van der Waals surface area contributed by atoms with Crippen LogP contribution in [0.2, 0.25) is 0 Å². The Morgan fingerprint density at radius 2 is 2.17 bits per heavy atom. The van der Waals surface area contributed by atoms with Gasteiger partial charge in [0.15, 0.2) is 0 Å². The number of aryl methyl sites for hydroxylation is 1. The summed E-state index contributed by atoms with van der Waals surface area (Å²) in [6.07, 6.45) is 3.12. The molecule has 7 heteroatoms. The van der Waals surface area contributed by atoms with Gasteiger partial charge in [-0.15, -0.1) is 0 Å². The first-order valence-corrected chi connectivity index (χ1v) is 7.07. The van der Waals surface area contributed by atoms with Crippen LogP contribution in [0, 0.1) is 17.0 Å². The molecule has 1 aromatic heterocycles. The number of nitro benzene ring substituents is 1. The summed E-state index contributed by atoms with van der Waals surface area (Å²) >= 11 is 0. The molecule has 0 radical (unpaired) electrons. The van der Waals surface area contributed by atoms with Crippen LogP contribution in [-0.4, -0.2) is 36.0 Å². The van der Waals surface area contributed by atoms with E-state index in [2.05, 4.69) is 0 Å². The molecule has 0 spiro atoms. The molecule has 0 bridgehead atoms. The van der Waals surface area contributed by atoms with Crippen molar-refractivity contribution in [3.05, 3.63) is 63.6 Å². The summed E-state index contributed by atoms with van der Waals surface area (Å²) < 4.78 is 10.1. The van der Waals surface area contributed by atoms with Gasteiger partial charge >= 0.3 is 0 Å².